The van der Waals surface area contributed by atoms with Crippen molar-refractivity contribution >= 4 is 21.6 Å². The quantitative estimate of drug-likeness (QED) is 0.510. The Morgan fingerprint density at radius 3 is 2.52 bits per heavy atom. The average molecular weight is 348 g/mol. The van der Waals surface area contributed by atoms with Crippen molar-refractivity contribution in [3.05, 3.63) is 52.0 Å². The standard InChI is InChI=1S/C23H25NS/c1-14-9-11-19-18(12-14)21(16-6-4-3-5-7-16)22-17-10-8-15(2)13-20(17)25-23(22)24-19/h3-7,14-15H,8-13H2,1-2H3/t14-,15-/m0/s1. The van der Waals surface area contributed by atoms with Crippen LogP contribution in [0.15, 0.2) is 30.3 Å². The predicted molar refractivity (Wildman–Crippen MR) is 107 cm³/mol. The second-order valence-corrected chi connectivity index (χ2v) is 9.24. The zero-order chi connectivity index (χ0) is 17.0. The van der Waals surface area contributed by atoms with Crippen molar-refractivity contribution in [1.29, 1.82) is 0 Å². The molecule has 0 saturated carbocycles. The number of pyridine rings is 1. The van der Waals surface area contributed by atoms with E-state index in [1.54, 1.807) is 10.4 Å². The number of fused-ring (bicyclic) bond motifs is 4. The molecule has 128 valence electrons. The summed E-state index contributed by atoms with van der Waals surface area (Å²) >= 11 is 1.97. The molecule has 2 aliphatic rings. The summed E-state index contributed by atoms with van der Waals surface area (Å²) in [6.07, 6.45) is 7.40. The minimum Gasteiger partial charge on any atom is -0.242 e. The summed E-state index contributed by atoms with van der Waals surface area (Å²) in [6, 6.07) is 11.1. The van der Waals surface area contributed by atoms with Crippen LogP contribution in [0.1, 0.15) is 48.4 Å². The smallest absolute Gasteiger partial charge is 0.124 e. The van der Waals surface area contributed by atoms with Crippen LogP contribution in [-0.2, 0) is 25.7 Å². The lowest BCUT2D eigenvalue weighted by Gasteiger charge is -2.25. The Hall–Kier alpha value is -1.67. The summed E-state index contributed by atoms with van der Waals surface area (Å²) in [6.45, 7) is 4.79. The Morgan fingerprint density at radius 1 is 0.920 bits per heavy atom. The topological polar surface area (TPSA) is 12.9 Å². The minimum absolute atomic E-state index is 0.767. The molecule has 0 aliphatic heterocycles. The first-order valence-corrected chi connectivity index (χ1v) is 10.5. The van der Waals surface area contributed by atoms with Gasteiger partial charge in [-0.25, -0.2) is 4.98 Å². The number of hydrogen-bond donors (Lipinski definition) is 0. The van der Waals surface area contributed by atoms with Crippen molar-refractivity contribution in [3.63, 3.8) is 0 Å². The van der Waals surface area contributed by atoms with Crippen molar-refractivity contribution in [1.82, 2.24) is 4.98 Å². The van der Waals surface area contributed by atoms with Crippen LogP contribution in [0.2, 0.25) is 0 Å². The molecular weight excluding hydrogens is 322 g/mol. The molecule has 1 aromatic carbocycles. The maximum Gasteiger partial charge on any atom is 0.124 e. The van der Waals surface area contributed by atoms with Crippen LogP contribution < -0.4 is 0 Å². The zero-order valence-corrected chi connectivity index (χ0v) is 16.0. The predicted octanol–water partition coefficient (Wildman–Crippen LogP) is 6.21. The summed E-state index contributed by atoms with van der Waals surface area (Å²) < 4.78 is 0. The second kappa shape index (κ2) is 5.95. The van der Waals surface area contributed by atoms with Gasteiger partial charge in [0.05, 0.1) is 0 Å². The van der Waals surface area contributed by atoms with Crippen molar-refractivity contribution in [2.24, 2.45) is 11.8 Å². The van der Waals surface area contributed by atoms with E-state index in [0.29, 0.717) is 0 Å². The molecule has 2 heterocycles. The summed E-state index contributed by atoms with van der Waals surface area (Å²) in [5.74, 6) is 1.58. The number of benzene rings is 1. The second-order valence-electron chi connectivity index (χ2n) is 8.16. The molecule has 0 N–H and O–H groups in total. The Bertz CT molecular complexity index is 938. The highest BCUT2D eigenvalue weighted by Crippen LogP contribution is 2.45. The number of thiophene rings is 1. The molecule has 25 heavy (non-hydrogen) atoms. The van der Waals surface area contributed by atoms with E-state index in [0.717, 1.165) is 18.3 Å². The van der Waals surface area contributed by atoms with Gasteiger partial charge in [0.25, 0.3) is 0 Å². The van der Waals surface area contributed by atoms with Gasteiger partial charge >= 0.3 is 0 Å². The molecule has 2 heteroatoms. The molecule has 0 radical (unpaired) electrons. The van der Waals surface area contributed by atoms with Gasteiger partial charge < -0.3 is 0 Å². The average Bonchev–Trinajstić information content (AvgIpc) is 2.97. The normalized spacial score (nSPS) is 22.6. The van der Waals surface area contributed by atoms with Gasteiger partial charge in [0, 0.05) is 16.0 Å². The van der Waals surface area contributed by atoms with Crippen molar-refractivity contribution in [2.45, 2.75) is 52.4 Å². The fraction of sp³-hybridized carbons (Fsp3) is 0.435. The molecule has 0 spiro atoms. The Balaban J connectivity index is 1.85. The molecule has 0 bridgehead atoms. The van der Waals surface area contributed by atoms with Gasteiger partial charge in [0.2, 0.25) is 0 Å². The van der Waals surface area contributed by atoms with Gasteiger partial charge in [-0.2, -0.15) is 0 Å². The molecule has 3 aromatic rings. The first-order chi connectivity index (χ1) is 12.2. The maximum atomic E-state index is 5.18. The lowest BCUT2D eigenvalue weighted by atomic mass is 9.81. The van der Waals surface area contributed by atoms with Gasteiger partial charge in [-0.15, -0.1) is 11.3 Å². The number of nitrogens with zero attached hydrogens (tertiary/aromatic N) is 1. The van der Waals surface area contributed by atoms with Crippen LogP contribution in [0.5, 0.6) is 0 Å². The van der Waals surface area contributed by atoms with Gasteiger partial charge in [0.15, 0.2) is 0 Å². The third kappa shape index (κ3) is 2.54. The van der Waals surface area contributed by atoms with E-state index in [2.05, 4.69) is 44.2 Å². The first kappa shape index (κ1) is 15.6. The maximum absolute atomic E-state index is 5.18. The summed E-state index contributed by atoms with van der Waals surface area (Å²) in [5.41, 5.74) is 7.43. The van der Waals surface area contributed by atoms with Crippen molar-refractivity contribution < 1.29 is 0 Å². The molecule has 2 aromatic heterocycles. The highest BCUT2D eigenvalue weighted by atomic mass is 32.1. The Kier molecular flexibility index (Phi) is 3.71. The largest absolute Gasteiger partial charge is 0.242 e. The van der Waals surface area contributed by atoms with Crippen LogP contribution in [0.25, 0.3) is 21.3 Å². The Morgan fingerprint density at radius 2 is 1.68 bits per heavy atom. The van der Waals surface area contributed by atoms with Crippen LogP contribution in [0, 0.1) is 11.8 Å². The fourth-order valence-corrected chi connectivity index (χ4v) is 6.15. The zero-order valence-electron chi connectivity index (χ0n) is 15.1. The molecule has 5 rings (SSSR count). The SMILES string of the molecule is C[C@H]1CCc2c(sc3nc4c(c(-c5ccccc5)c23)C[C@@H](C)CC4)C1. The van der Waals surface area contributed by atoms with Crippen LogP contribution >= 0.6 is 11.3 Å². The summed E-state index contributed by atoms with van der Waals surface area (Å²) in [5, 5.41) is 1.49. The van der Waals surface area contributed by atoms with E-state index in [-0.39, 0.29) is 0 Å². The number of rotatable bonds is 1. The lowest BCUT2D eigenvalue weighted by molar-refractivity contribution is 0.496. The van der Waals surface area contributed by atoms with E-state index in [1.165, 1.54) is 64.7 Å². The number of aromatic nitrogens is 1. The molecule has 2 atom stereocenters. The highest BCUT2D eigenvalue weighted by Gasteiger charge is 2.28. The molecular formula is C23H25NS. The van der Waals surface area contributed by atoms with Gasteiger partial charge in [-0.05, 0) is 72.6 Å². The summed E-state index contributed by atoms with van der Waals surface area (Å²) in [4.78, 5) is 8.09. The minimum atomic E-state index is 0.767. The molecule has 0 amide bonds. The highest BCUT2D eigenvalue weighted by molar-refractivity contribution is 7.19. The van der Waals surface area contributed by atoms with Crippen molar-refractivity contribution in [3.8, 4) is 11.1 Å². The molecule has 0 saturated heterocycles. The number of aryl methyl sites for hydroxylation is 2. The lowest BCUT2D eigenvalue weighted by Crippen LogP contribution is -2.15. The van der Waals surface area contributed by atoms with E-state index in [1.807, 2.05) is 11.3 Å². The van der Waals surface area contributed by atoms with Crippen LogP contribution in [-0.4, -0.2) is 4.98 Å². The van der Waals surface area contributed by atoms with E-state index >= 15 is 0 Å². The third-order valence-electron chi connectivity index (χ3n) is 6.12. The Labute approximate surface area is 154 Å². The summed E-state index contributed by atoms with van der Waals surface area (Å²) in [7, 11) is 0. The van der Waals surface area contributed by atoms with Gasteiger partial charge in [-0.3, -0.25) is 0 Å². The third-order valence-corrected chi connectivity index (χ3v) is 7.27. The van der Waals surface area contributed by atoms with Crippen molar-refractivity contribution in [2.75, 3.05) is 0 Å². The number of hydrogen-bond acceptors (Lipinski definition) is 2. The van der Waals surface area contributed by atoms with Gasteiger partial charge in [-0.1, -0.05) is 44.2 Å². The van der Waals surface area contributed by atoms with Gasteiger partial charge in [0.1, 0.15) is 4.83 Å². The monoisotopic (exact) mass is 347 g/mol. The van der Waals surface area contributed by atoms with E-state index in [4.69, 9.17) is 4.98 Å². The first-order valence-electron chi connectivity index (χ1n) is 9.72. The molecule has 0 fully saturated rings. The molecule has 2 aliphatic carbocycles. The van der Waals surface area contributed by atoms with E-state index < -0.39 is 0 Å². The van der Waals surface area contributed by atoms with Crippen LogP contribution in [0.4, 0.5) is 0 Å². The van der Waals surface area contributed by atoms with E-state index in [9.17, 15) is 0 Å². The van der Waals surface area contributed by atoms with Crippen LogP contribution in [0.3, 0.4) is 0 Å². The molecule has 0 unspecified atom stereocenters. The molecule has 1 nitrogen and oxygen atoms in total. The fourth-order valence-electron chi connectivity index (χ4n) is 4.74.